The van der Waals surface area contributed by atoms with Crippen LogP contribution in [0.5, 0.6) is 0 Å². The predicted octanol–water partition coefficient (Wildman–Crippen LogP) is 4.65. The molecule has 0 saturated carbocycles. The molecule has 2 aromatic carbocycles. The molecule has 1 aromatic heterocycles. The number of carbonyl (C=O) groups excluding carboxylic acids is 2. The highest BCUT2D eigenvalue weighted by Crippen LogP contribution is 2.22. The Morgan fingerprint density at radius 1 is 1.10 bits per heavy atom. The van der Waals surface area contributed by atoms with Crippen molar-refractivity contribution < 1.29 is 9.59 Å². The summed E-state index contributed by atoms with van der Waals surface area (Å²) in [6, 6.07) is 11.6. The van der Waals surface area contributed by atoms with Gasteiger partial charge in [-0.2, -0.15) is 0 Å². The number of aryl methyl sites for hydroxylation is 1. The zero-order valence-corrected chi connectivity index (χ0v) is 19.5. The third-order valence-corrected chi connectivity index (χ3v) is 6.02. The van der Waals surface area contributed by atoms with Crippen molar-refractivity contribution in [3.63, 3.8) is 0 Å². The minimum atomic E-state index is -0.377. The van der Waals surface area contributed by atoms with Crippen LogP contribution in [0.3, 0.4) is 0 Å². The van der Waals surface area contributed by atoms with Gasteiger partial charge in [0.2, 0.25) is 5.91 Å². The van der Waals surface area contributed by atoms with Crippen molar-refractivity contribution in [2.75, 3.05) is 11.1 Å². The van der Waals surface area contributed by atoms with Crippen molar-refractivity contribution in [1.82, 2.24) is 20.1 Å². The lowest BCUT2D eigenvalue weighted by Gasteiger charge is -2.13. The van der Waals surface area contributed by atoms with E-state index in [0.29, 0.717) is 32.3 Å². The normalized spacial score (nSPS) is 11.8. The van der Waals surface area contributed by atoms with E-state index in [-0.39, 0.29) is 23.6 Å². The summed E-state index contributed by atoms with van der Waals surface area (Å²) >= 11 is 13.1. The smallest absolute Gasteiger partial charge is 0.251 e. The minimum Gasteiger partial charge on any atom is -0.342 e. The number of benzene rings is 2. The molecule has 0 fully saturated rings. The summed E-state index contributed by atoms with van der Waals surface area (Å²) in [6.07, 6.45) is 0. The van der Waals surface area contributed by atoms with Crippen molar-refractivity contribution in [2.24, 2.45) is 7.05 Å². The van der Waals surface area contributed by atoms with Crippen LogP contribution in [-0.4, -0.2) is 32.3 Å². The fraction of sp³-hybridized carbons (Fsp3) is 0.238. The number of amides is 2. The molecule has 0 spiro atoms. The fourth-order valence-corrected chi connectivity index (χ4v) is 3.84. The SMILES string of the molecule is Cc1ccc(Cl)cc1NC(=O)CSc1nnc([C@@H](C)NC(=O)c2ccc(Cl)cc2)n1C. The van der Waals surface area contributed by atoms with Crippen LogP contribution in [0.4, 0.5) is 5.69 Å². The molecule has 0 aliphatic carbocycles. The quantitative estimate of drug-likeness (QED) is 0.483. The second-order valence-electron chi connectivity index (χ2n) is 6.90. The molecule has 0 aliphatic heterocycles. The van der Waals surface area contributed by atoms with Gasteiger partial charge in [0.1, 0.15) is 0 Å². The molecule has 0 aliphatic rings. The highest BCUT2D eigenvalue weighted by atomic mass is 35.5. The zero-order chi connectivity index (χ0) is 22.5. The number of carbonyl (C=O) groups is 2. The summed E-state index contributed by atoms with van der Waals surface area (Å²) in [5.41, 5.74) is 2.10. The number of aromatic nitrogens is 3. The Morgan fingerprint density at radius 3 is 2.48 bits per heavy atom. The highest BCUT2D eigenvalue weighted by molar-refractivity contribution is 7.99. The molecule has 3 rings (SSSR count). The van der Waals surface area contributed by atoms with E-state index >= 15 is 0 Å². The first-order chi connectivity index (χ1) is 14.7. The van der Waals surface area contributed by atoms with E-state index in [1.807, 2.05) is 19.9 Å². The summed E-state index contributed by atoms with van der Waals surface area (Å²) < 4.78 is 1.76. The Hall–Kier alpha value is -2.55. The molecule has 2 N–H and O–H groups in total. The van der Waals surface area contributed by atoms with E-state index in [9.17, 15) is 9.59 Å². The van der Waals surface area contributed by atoms with Gasteiger partial charge in [-0.15, -0.1) is 10.2 Å². The van der Waals surface area contributed by atoms with Gasteiger partial charge in [-0.25, -0.2) is 0 Å². The van der Waals surface area contributed by atoms with Gasteiger partial charge in [-0.05, 0) is 55.8 Å². The molecule has 3 aromatic rings. The van der Waals surface area contributed by atoms with E-state index in [1.165, 1.54) is 11.8 Å². The number of halogens is 2. The van der Waals surface area contributed by atoms with Crippen molar-refractivity contribution >= 4 is 52.5 Å². The predicted molar refractivity (Wildman–Crippen MR) is 124 cm³/mol. The van der Waals surface area contributed by atoms with Crippen LogP contribution in [0.1, 0.15) is 34.7 Å². The summed E-state index contributed by atoms with van der Waals surface area (Å²) in [5, 5.41) is 15.7. The lowest BCUT2D eigenvalue weighted by atomic mass is 10.2. The van der Waals surface area contributed by atoms with E-state index in [2.05, 4.69) is 20.8 Å². The van der Waals surface area contributed by atoms with Crippen LogP contribution < -0.4 is 10.6 Å². The van der Waals surface area contributed by atoms with Crippen molar-refractivity contribution in [1.29, 1.82) is 0 Å². The number of anilines is 1. The van der Waals surface area contributed by atoms with Crippen LogP contribution in [0, 0.1) is 6.92 Å². The van der Waals surface area contributed by atoms with Gasteiger partial charge in [0.15, 0.2) is 11.0 Å². The number of rotatable bonds is 7. The van der Waals surface area contributed by atoms with Gasteiger partial charge in [0, 0.05) is 28.3 Å². The van der Waals surface area contributed by atoms with Gasteiger partial charge >= 0.3 is 0 Å². The molecule has 162 valence electrons. The van der Waals surface area contributed by atoms with E-state index < -0.39 is 0 Å². The highest BCUT2D eigenvalue weighted by Gasteiger charge is 2.19. The van der Waals surface area contributed by atoms with Gasteiger partial charge in [0.05, 0.1) is 11.8 Å². The van der Waals surface area contributed by atoms with E-state index in [1.54, 1.807) is 48.0 Å². The molecule has 1 atom stereocenters. The Labute approximate surface area is 194 Å². The topological polar surface area (TPSA) is 88.9 Å². The summed E-state index contributed by atoms with van der Waals surface area (Å²) in [5.74, 6) is 0.321. The molecular weight excluding hydrogens is 457 g/mol. The van der Waals surface area contributed by atoms with E-state index in [4.69, 9.17) is 23.2 Å². The maximum atomic E-state index is 12.4. The first-order valence-corrected chi connectivity index (χ1v) is 11.1. The number of nitrogens with one attached hydrogen (secondary N) is 2. The Balaban J connectivity index is 1.59. The zero-order valence-electron chi connectivity index (χ0n) is 17.1. The molecule has 1 heterocycles. The van der Waals surface area contributed by atoms with Gasteiger partial charge in [-0.1, -0.05) is 41.0 Å². The third-order valence-electron chi connectivity index (χ3n) is 4.52. The van der Waals surface area contributed by atoms with Crippen LogP contribution in [0.2, 0.25) is 10.0 Å². The number of thioether (sulfide) groups is 1. The number of hydrogen-bond donors (Lipinski definition) is 2. The molecular formula is C21H21Cl2N5O2S. The average Bonchev–Trinajstić information content (AvgIpc) is 3.10. The van der Waals surface area contributed by atoms with Gasteiger partial charge in [0.25, 0.3) is 5.91 Å². The molecule has 7 nitrogen and oxygen atoms in total. The molecule has 2 amide bonds. The van der Waals surface area contributed by atoms with Crippen molar-refractivity contribution in [3.05, 3.63) is 69.5 Å². The first kappa shape index (κ1) is 23.1. The number of nitrogens with zero attached hydrogens (tertiary/aromatic N) is 3. The first-order valence-electron chi connectivity index (χ1n) is 9.39. The largest absolute Gasteiger partial charge is 0.342 e. The fourth-order valence-electron chi connectivity index (χ4n) is 2.82. The molecule has 0 saturated heterocycles. The van der Waals surface area contributed by atoms with Gasteiger partial charge in [-0.3, -0.25) is 9.59 Å². The van der Waals surface area contributed by atoms with Gasteiger partial charge < -0.3 is 15.2 Å². The Morgan fingerprint density at radius 2 is 1.77 bits per heavy atom. The Bertz CT molecular complexity index is 1100. The molecule has 0 bridgehead atoms. The van der Waals surface area contributed by atoms with Crippen LogP contribution in [0.25, 0.3) is 0 Å². The van der Waals surface area contributed by atoms with Crippen LogP contribution >= 0.6 is 35.0 Å². The van der Waals surface area contributed by atoms with Crippen LogP contribution in [-0.2, 0) is 11.8 Å². The maximum absolute atomic E-state index is 12.4. The number of hydrogen-bond acceptors (Lipinski definition) is 5. The minimum absolute atomic E-state index is 0.156. The summed E-state index contributed by atoms with van der Waals surface area (Å²) in [6.45, 7) is 3.72. The molecule has 0 radical (unpaired) electrons. The molecule has 31 heavy (non-hydrogen) atoms. The maximum Gasteiger partial charge on any atom is 0.251 e. The average molecular weight is 478 g/mol. The summed E-state index contributed by atoms with van der Waals surface area (Å²) in [7, 11) is 1.79. The van der Waals surface area contributed by atoms with Crippen molar-refractivity contribution in [2.45, 2.75) is 25.0 Å². The molecule has 0 unspecified atom stereocenters. The lowest BCUT2D eigenvalue weighted by molar-refractivity contribution is -0.113. The third kappa shape index (κ3) is 6.00. The lowest BCUT2D eigenvalue weighted by Crippen LogP contribution is -2.28. The summed E-state index contributed by atoms with van der Waals surface area (Å²) in [4.78, 5) is 24.7. The van der Waals surface area contributed by atoms with E-state index in [0.717, 1.165) is 5.56 Å². The molecule has 10 heteroatoms. The second kappa shape index (κ2) is 10.2. The van der Waals surface area contributed by atoms with Crippen LogP contribution in [0.15, 0.2) is 47.6 Å². The standard InChI is InChI=1S/C21H21Cl2N5O2S/c1-12-4-7-16(23)10-17(12)25-18(29)11-31-21-27-26-19(28(21)3)13(2)24-20(30)14-5-8-15(22)9-6-14/h4-10,13H,11H2,1-3H3,(H,24,30)(H,25,29)/t13-/m1/s1. The van der Waals surface area contributed by atoms with Crippen molar-refractivity contribution in [3.8, 4) is 0 Å². The Kier molecular flexibility index (Phi) is 7.59. The monoisotopic (exact) mass is 477 g/mol. The second-order valence-corrected chi connectivity index (χ2v) is 8.71.